The van der Waals surface area contributed by atoms with Crippen LogP contribution in [0.1, 0.15) is 6.92 Å². The van der Waals surface area contributed by atoms with Crippen molar-refractivity contribution >= 4 is 17.3 Å². The van der Waals surface area contributed by atoms with Gasteiger partial charge >= 0.3 is 0 Å². The van der Waals surface area contributed by atoms with Gasteiger partial charge in [0.2, 0.25) is 5.78 Å². The normalized spacial score (nSPS) is 29.1. The van der Waals surface area contributed by atoms with Crippen LogP contribution in [0.2, 0.25) is 0 Å². The van der Waals surface area contributed by atoms with E-state index < -0.39 is 40.9 Å². The molecule has 1 heterocycles. The van der Waals surface area contributed by atoms with E-state index >= 15 is 0 Å². The Morgan fingerprint density at radius 3 is 2.55 bits per heavy atom. The molecule has 0 fully saturated rings. The SMILES string of the molecule is CC1=CC(=O)[C@H]2C(=O)C3=C(O)C=C(O)C(=O)C3=C[C@@H]2O1. The fourth-order valence-electron chi connectivity index (χ4n) is 2.57. The molecule has 0 bridgehead atoms. The molecule has 6 heteroatoms. The van der Waals surface area contributed by atoms with Crippen LogP contribution in [0.15, 0.2) is 46.7 Å². The number of hydrogen-bond donors (Lipinski definition) is 2. The van der Waals surface area contributed by atoms with Gasteiger partial charge in [0.05, 0.1) is 11.3 Å². The standard InChI is InChI=1S/C14H10O6/c1-5-2-7(15)12-10(20-5)3-6-11(14(12)19)8(16)4-9(17)13(6)18/h2-4,10,12,16-17H,1H3/t10-,12+/m0/s1. The Morgan fingerprint density at radius 1 is 1.15 bits per heavy atom. The Hall–Kier alpha value is -2.63. The van der Waals surface area contributed by atoms with Crippen molar-refractivity contribution in [3.63, 3.8) is 0 Å². The molecule has 0 saturated heterocycles. The van der Waals surface area contributed by atoms with Crippen LogP contribution >= 0.6 is 0 Å². The summed E-state index contributed by atoms with van der Waals surface area (Å²) in [7, 11) is 0. The smallest absolute Gasteiger partial charge is 0.228 e. The van der Waals surface area contributed by atoms with Crippen molar-refractivity contribution in [2.24, 2.45) is 5.92 Å². The molecule has 6 nitrogen and oxygen atoms in total. The average molecular weight is 274 g/mol. The number of fused-ring (bicyclic) bond motifs is 2. The predicted octanol–water partition coefficient (Wildman–Crippen LogP) is 0.820. The first kappa shape index (κ1) is 12.4. The van der Waals surface area contributed by atoms with Crippen LogP contribution in [0.4, 0.5) is 0 Å². The summed E-state index contributed by atoms with van der Waals surface area (Å²) in [5.74, 6) is -3.79. The highest BCUT2D eigenvalue weighted by molar-refractivity contribution is 6.26. The second-order valence-electron chi connectivity index (χ2n) is 4.78. The zero-order chi connectivity index (χ0) is 14.6. The topological polar surface area (TPSA) is 101 Å². The second-order valence-corrected chi connectivity index (χ2v) is 4.78. The van der Waals surface area contributed by atoms with E-state index in [-0.39, 0.29) is 11.1 Å². The molecule has 2 aliphatic carbocycles. The average Bonchev–Trinajstić information content (AvgIpc) is 2.34. The summed E-state index contributed by atoms with van der Waals surface area (Å²) in [5, 5.41) is 19.2. The minimum Gasteiger partial charge on any atom is -0.507 e. The number of carbonyl (C=O) groups excluding carboxylic acids is 3. The molecule has 102 valence electrons. The highest BCUT2D eigenvalue weighted by Crippen LogP contribution is 2.36. The van der Waals surface area contributed by atoms with Gasteiger partial charge in [0, 0.05) is 17.7 Å². The number of carbonyl (C=O) groups is 3. The summed E-state index contributed by atoms with van der Waals surface area (Å²) < 4.78 is 5.38. The highest BCUT2D eigenvalue weighted by Gasteiger charge is 2.46. The molecule has 20 heavy (non-hydrogen) atoms. The summed E-state index contributed by atoms with van der Waals surface area (Å²) in [6.07, 6.45) is 2.44. The number of aliphatic hydroxyl groups excluding tert-OH is 2. The second kappa shape index (κ2) is 3.93. The molecular formula is C14H10O6. The molecule has 3 rings (SSSR count). The largest absolute Gasteiger partial charge is 0.507 e. The molecule has 2 atom stereocenters. The molecule has 0 radical (unpaired) electrons. The lowest BCUT2D eigenvalue weighted by Gasteiger charge is -2.33. The van der Waals surface area contributed by atoms with Gasteiger partial charge in [-0.1, -0.05) is 0 Å². The van der Waals surface area contributed by atoms with Gasteiger partial charge in [0.15, 0.2) is 17.3 Å². The fraction of sp³-hybridized carbons (Fsp3) is 0.214. The maximum Gasteiger partial charge on any atom is 0.228 e. The third kappa shape index (κ3) is 1.54. The number of Topliss-reactive ketones (excluding diaryl/α,β-unsaturated/α-hetero) is 2. The highest BCUT2D eigenvalue weighted by atomic mass is 16.5. The molecule has 0 amide bonds. The zero-order valence-electron chi connectivity index (χ0n) is 10.4. The molecule has 0 aromatic heterocycles. The summed E-state index contributed by atoms with van der Waals surface area (Å²) in [6, 6.07) is 0. The van der Waals surface area contributed by atoms with Gasteiger partial charge in [-0.15, -0.1) is 0 Å². The minimum absolute atomic E-state index is 0.128. The fourth-order valence-corrected chi connectivity index (χ4v) is 2.57. The monoisotopic (exact) mass is 274 g/mol. The summed E-state index contributed by atoms with van der Waals surface area (Å²) in [6.45, 7) is 1.57. The third-order valence-electron chi connectivity index (χ3n) is 3.44. The Bertz CT molecular complexity index is 688. The van der Waals surface area contributed by atoms with E-state index in [9.17, 15) is 24.6 Å². The molecule has 1 aliphatic heterocycles. The van der Waals surface area contributed by atoms with E-state index in [1.807, 2.05) is 0 Å². The molecule has 0 spiro atoms. The Labute approximate surface area is 113 Å². The molecule has 0 aromatic rings. The van der Waals surface area contributed by atoms with Crippen molar-refractivity contribution in [2.75, 3.05) is 0 Å². The van der Waals surface area contributed by atoms with Crippen molar-refractivity contribution in [1.82, 2.24) is 0 Å². The zero-order valence-corrected chi connectivity index (χ0v) is 10.4. The number of hydrogen-bond acceptors (Lipinski definition) is 6. The number of ketones is 3. The Balaban J connectivity index is 2.19. The maximum absolute atomic E-state index is 12.3. The van der Waals surface area contributed by atoms with E-state index in [0.717, 1.165) is 6.08 Å². The summed E-state index contributed by atoms with van der Waals surface area (Å²) in [4.78, 5) is 36.1. The van der Waals surface area contributed by atoms with Gasteiger partial charge in [-0.05, 0) is 13.0 Å². The van der Waals surface area contributed by atoms with Crippen molar-refractivity contribution in [1.29, 1.82) is 0 Å². The first-order valence-electron chi connectivity index (χ1n) is 5.94. The van der Waals surface area contributed by atoms with Crippen LogP contribution in [0, 0.1) is 5.92 Å². The van der Waals surface area contributed by atoms with Crippen LogP contribution in [0.3, 0.4) is 0 Å². The molecule has 3 aliphatic rings. The molecule has 0 aromatic carbocycles. The number of ether oxygens (including phenoxy) is 1. The van der Waals surface area contributed by atoms with Crippen molar-refractivity contribution in [3.8, 4) is 0 Å². The minimum atomic E-state index is -1.10. The van der Waals surface area contributed by atoms with E-state index in [4.69, 9.17) is 4.74 Å². The van der Waals surface area contributed by atoms with Crippen molar-refractivity contribution in [2.45, 2.75) is 13.0 Å². The summed E-state index contributed by atoms with van der Waals surface area (Å²) in [5.41, 5.74) is -0.366. The predicted molar refractivity (Wildman–Crippen MR) is 65.6 cm³/mol. The Morgan fingerprint density at radius 2 is 1.85 bits per heavy atom. The lowest BCUT2D eigenvalue weighted by atomic mass is 9.75. The van der Waals surface area contributed by atoms with E-state index in [1.165, 1.54) is 12.2 Å². The van der Waals surface area contributed by atoms with E-state index in [2.05, 4.69) is 0 Å². The third-order valence-corrected chi connectivity index (χ3v) is 3.44. The molecule has 2 N–H and O–H groups in total. The Kier molecular flexibility index (Phi) is 2.44. The van der Waals surface area contributed by atoms with E-state index in [1.54, 1.807) is 6.92 Å². The molecule has 0 unspecified atom stereocenters. The maximum atomic E-state index is 12.3. The molecule has 0 saturated carbocycles. The lowest BCUT2D eigenvalue weighted by Crippen LogP contribution is -2.43. The van der Waals surface area contributed by atoms with Crippen molar-refractivity contribution < 1.29 is 29.3 Å². The quantitative estimate of drug-likeness (QED) is 0.634. The summed E-state index contributed by atoms with van der Waals surface area (Å²) >= 11 is 0. The van der Waals surface area contributed by atoms with Crippen LogP contribution in [-0.4, -0.2) is 33.7 Å². The first-order valence-corrected chi connectivity index (χ1v) is 5.94. The first-order chi connectivity index (χ1) is 9.40. The van der Waals surface area contributed by atoms with Crippen molar-refractivity contribution in [3.05, 3.63) is 46.7 Å². The van der Waals surface area contributed by atoms with Gasteiger partial charge in [-0.25, -0.2) is 0 Å². The van der Waals surface area contributed by atoms with Crippen LogP contribution in [0.25, 0.3) is 0 Å². The number of rotatable bonds is 0. The van der Waals surface area contributed by atoms with Crippen LogP contribution in [-0.2, 0) is 19.1 Å². The van der Waals surface area contributed by atoms with Gasteiger partial charge in [0.1, 0.15) is 17.8 Å². The molecular weight excluding hydrogens is 264 g/mol. The number of allylic oxidation sites excluding steroid dienone is 5. The van der Waals surface area contributed by atoms with Gasteiger partial charge in [-0.3, -0.25) is 14.4 Å². The van der Waals surface area contributed by atoms with E-state index in [0.29, 0.717) is 5.76 Å². The number of aliphatic hydroxyl groups is 2. The van der Waals surface area contributed by atoms with Gasteiger partial charge in [-0.2, -0.15) is 0 Å². The van der Waals surface area contributed by atoms with Gasteiger partial charge in [0.25, 0.3) is 0 Å². The lowest BCUT2D eigenvalue weighted by molar-refractivity contribution is -0.134. The van der Waals surface area contributed by atoms with Crippen LogP contribution < -0.4 is 0 Å². The van der Waals surface area contributed by atoms with Gasteiger partial charge < -0.3 is 14.9 Å². The van der Waals surface area contributed by atoms with Crippen LogP contribution in [0.5, 0.6) is 0 Å².